The summed E-state index contributed by atoms with van der Waals surface area (Å²) < 4.78 is 5.16. The standard InChI is InChI=1S/C10H14O/c1-11-10-6-4-9(5-7-10)8-2-3-8/h4,6,8H,2-3,5,7H2,1H3. The lowest BCUT2D eigenvalue weighted by molar-refractivity contribution is 0.275. The van der Waals surface area contributed by atoms with E-state index in [1.54, 1.807) is 12.7 Å². The molecule has 0 aromatic rings. The van der Waals surface area contributed by atoms with Crippen molar-refractivity contribution in [2.75, 3.05) is 7.11 Å². The van der Waals surface area contributed by atoms with Crippen molar-refractivity contribution in [2.24, 2.45) is 5.92 Å². The van der Waals surface area contributed by atoms with Gasteiger partial charge >= 0.3 is 0 Å². The lowest BCUT2D eigenvalue weighted by Gasteiger charge is -2.12. The molecule has 2 aliphatic rings. The van der Waals surface area contributed by atoms with Crippen LogP contribution in [0, 0.1) is 5.92 Å². The Labute approximate surface area is 67.7 Å². The molecule has 0 heterocycles. The zero-order chi connectivity index (χ0) is 7.68. The Bertz CT molecular complexity index is 209. The van der Waals surface area contributed by atoms with Gasteiger partial charge in [-0.25, -0.2) is 0 Å². The quantitative estimate of drug-likeness (QED) is 0.588. The van der Waals surface area contributed by atoms with Crippen LogP contribution in [0.1, 0.15) is 25.7 Å². The van der Waals surface area contributed by atoms with Crippen LogP contribution in [-0.2, 0) is 4.74 Å². The van der Waals surface area contributed by atoms with Gasteiger partial charge in [0.15, 0.2) is 0 Å². The zero-order valence-electron chi connectivity index (χ0n) is 6.97. The van der Waals surface area contributed by atoms with E-state index in [4.69, 9.17) is 4.74 Å². The first-order valence-corrected chi connectivity index (χ1v) is 4.34. The summed E-state index contributed by atoms with van der Waals surface area (Å²) in [6, 6.07) is 0. The van der Waals surface area contributed by atoms with Gasteiger partial charge in [0.25, 0.3) is 0 Å². The van der Waals surface area contributed by atoms with Crippen LogP contribution in [0.15, 0.2) is 23.5 Å². The summed E-state index contributed by atoms with van der Waals surface area (Å²) in [5, 5.41) is 0. The second-order valence-electron chi connectivity index (χ2n) is 3.35. The van der Waals surface area contributed by atoms with Crippen molar-refractivity contribution in [2.45, 2.75) is 25.7 Å². The van der Waals surface area contributed by atoms with Gasteiger partial charge in [-0.3, -0.25) is 0 Å². The SMILES string of the molecule is COC1=CC=C(C2CC2)CC1. The van der Waals surface area contributed by atoms with Gasteiger partial charge in [0, 0.05) is 6.42 Å². The van der Waals surface area contributed by atoms with Crippen LogP contribution in [0.5, 0.6) is 0 Å². The first-order valence-electron chi connectivity index (χ1n) is 4.34. The highest BCUT2D eigenvalue weighted by Crippen LogP contribution is 2.40. The highest BCUT2D eigenvalue weighted by Gasteiger charge is 2.26. The molecule has 2 aliphatic carbocycles. The van der Waals surface area contributed by atoms with Crippen LogP contribution in [-0.4, -0.2) is 7.11 Å². The summed E-state index contributed by atoms with van der Waals surface area (Å²) in [6.07, 6.45) is 9.55. The number of hydrogen-bond donors (Lipinski definition) is 0. The van der Waals surface area contributed by atoms with Crippen LogP contribution >= 0.6 is 0 Å². The third-order valence-corrected chi connectivity index (χ3v) is 2.51. The number of hydrogen-bond acceptors (Lipinski definition) is 1. The Morgan fingerprint density at radius 3 is 2.55 bits per heavy atom. The van der Waals surface area contributed by atoms with Gasteiger partial charge in [0.1, 0.15) is 0 Å². The molecule has 11 heavy (non-hydrogen) atoms. The average Bonchev–Trinajstić information content (AvgIpc) is 2.87. The van der Waals surface area contributed by atoms with Gasteiger partial charge in [0.2, 0.25) is 0 Å². The molecule has 0 atom stereocenters. The molecule has 0 radical (unpaired) electrons. The minimum atomic E-state index is 0.935. The fourth-order valence-corrected chi connectivity index (χ4v) is 1.60. The van der Waals surface area contributed by atoms with E-state index in [1.807, 2.05) is 0 Å². The van der Waals surface area contributed by atoms with Gasteiger partial charge in [-0.1, -0.05) is 11.6 Å². The van der Waals surface area contributed by atoms with Crippen LogP contribution in [0.25, 0.3) is 0 Å². The van der Waals surface area contributed by atoms with Crippen LogP contribution in [0.2, 0.25) is 0 Å². The minimum absolute atomic E-state index is 0.935. The molecule has 0 aromatic heterocycles. The molecule has 0 spiro atoms. The molecule has 0 N–H and O–H groups in total. The Hall–Kier alpha value is -0.720. The smallest absolute Gasteiger partial charge is 0.0958 e. The first-order chi connectivity index (χ1) is 5.40. The van der Waals surface area contributed by atoms with Crippen LogP contribution < -0.4 is 0 Å². The largest absolute Gasteiger partial charge is 0.501 e. The third-order valence-electron chi connectivity index (χ3n) is 2.51. The van der Waals surface area contributed by atoms with Crippen LogP contribution in [0.4, 0.5) is 0 Å². The number of allylic oxidation sites excluding steroid dienone is 4. The molecule has 0 aromatic carbocycles. The monoisotopic (exact) mass is 150 g/mol. The highest BCUT2D eigenvalue weighted by atomic mass is 16.5. The second-order valence-corrected chi connectivity index (χ2v) is 3.35. The lowest BCUT2D eigenvalue weighted by atomic mass is 10.00. The lowest BCUT2D eigenvalue weighted by Crippen LogP contribution is -1.96. The van der Waals surface area contributed by atoms with Gasteiger partial charge in [-0.2, -0.15) is 0 Å². The normalized spacial score (nSPS) is 24.1. The summed E-state index contributed by atoms with van der Waals surface area (Å²) >= 11 is 0. The van der Waals surface area contributed by atoms with Crippen molar-refractivity contribution in [1.29, 1.82) is 0 Å². The molecule has 0 bridgehead atoms. The summed E-state index contributed by atoms with van der Waals surface area (Å²) in [6.45, 7) is 0. The Morgan fingerprint density at radius 2 is 2.09 bits per heavy atom. The van der Waals surface area contributed by atoms with E-state index in [-0.39, 0.29) is 0 Å². The van der Waals surface area contributed by atoms with E-state index >= 15 is 0 Å². The molecule has 0 aliphatic heterocycles. The maximum atomic E-state index is 5.16. The third kappa shape index (κ3) is 1.47. The molecular weight excluding hydrogens is 136 g/mol. The topological polar surface area (TPSA) is 9.23 Å². The average molecular weight is 150 g/mol. The molecule has 0 amide bonds. The molecule has 0 saturated heterocycles. The van der Waals surface area contributed by atoms with Gasteiger partial charge in [-0.05, 0) is 31.3 Å². The molecule has 1 saturated carbocycles. The van der Waals surface area contributed by atoms with Crippen molar-refractivity contribution < 1.29 is 4.74 Å². The minimum Gasteiger partial charge on any atom is -0.501 e. The summed E-state index contributed by atoms with van der Waals surface area (Å²) in [7, 11) is 1.75. The molecular formula is C10H14O. The predicted molar refractivity (Wildman–Crippen MR) is 45.1 cm³/mol. The summed E-state index contributed by atoms with van der Waals surface area (Å²) in [5.41, 5.74) is 1.64. The number of rotatable bonds is 2. The molecule has 0 unspecified atom stereocenters. The number of ether oxygens (including phenoxy) is 1. The van der Waals surface area contributed by atoms with Crippen molar-refractivity contribution in [3.63, 3.8) is 0 Å². The summed E-state index contributed by atoms with van der Waals surface area (Å²) in [5.74, 6) is 2.07. The Kier molecular flexibility index (Phi) is 1.72. The van der Waals surface area contributed by atoms with Crippen molar-refractivity contribution in [1.82, 2.24) is 0 Å². The van der Waals surface area contributed by atoms with Crippen molar-refractivity contribution in [3.8, 4) is 0 Å². The van der Waals surface area contributed by atoms with Gasteiger partial charge < -0.3 is 4.74 Å². The van der Waals surface area contributed by atoms with E-state index in [0.717, 1.165) is 18.1 Å². The van der Waals surface area contributed by atoms with Gasteiger partial charge in [0.05, 0.1) is 12.9 Å². The predicted octanol–water partition coefficient (Wildman–Crippen LogP) is 2.65. The Balaban J connectivity index is 2.03. The molecule has 1 nitrogen and oxygen atoms in total. The molecule has 60 valence electrons. The second kappa shape index (κ2) is 2.72. The van der Waals surface area contributed by atoms with E-state index in [9.17, 15) is 0 Å². The maximum absolute atomic E-state index is 5.16. The number of methoxy groups -OCH3 is 1. The van der Waals surface area contributed by atoms with Crippen molar-refractivity contribution in [3.05, 3.63) is 23.5 Å². The van der Waals surface area contributed by atoms with E-state index in [1.165, 1.54) is 19.3 Å². The van der Waals surface area contributed by atoms with E-state index in [0.29, 0.717) is 0 Å². The molecule has 2 rings (SSSR count). The highest BCUT2D eigenvalue weighted by molar-refractivity contribution is 5.25. The zero-order valence-corrected chi connectivity index (χ0v) is 6.97. The fourth-order valence-electron chi connectivity index (χ4n) is 1.60. The van der Waals surface area contributed by atoms with Crippen LogP contribution in [0.3, 0.4) is 0 Å². The molecule has 1 fully saturated rings. The van der Waals surface area contributed by atoms with Crippen molar-refractivity contribution >= 4 is 0 Å². The Morgan fingerprint density at radius 1 is 1.27 bits per heavy atom. The summed E-state index contributed by atoms with van der Waals surface area (Å²) in [4.78, 5) is 0. The fraction of sp³-hybridized carbons (Fsp3) is 0.600. The van der Waals surface area contributed by atoms with Gasteiger partial charge in [-0.15, -0.1) is 0 Å². The first kappa shape index (κ1) is 6.96. The molecule has 1 heteroatoms. The van der Waals surface area contributed by atoms with E-state index in [2.05, 4.69) is 12.2 Å². The maximum Gasteiger partial charge on any atom is 0.0958 e. The van der Waals surface area contributed by atoms with E-state index < -0.39 is 0 Å².